The summed E-state index contributed by atoms with van der Waals surface area (Å²) in [5.74, 6) is -0.738. The van der Waals surface area contributed by atoms with E-state index in [1.165, 1.54) is 35.9 Å². The maximum atomic E-state index is 13.6. The lowest BCUT2D eigenvalue weighted by Crippen LogP contribution is -2.14. The highest BCUT2D eigenvalue weighted by atomic mass is 32.2. The maximum absolute atomic E-state index is 13.6. The van der Waals surface area contributed by atoms with E-state index in [1.54, 1.807) is 36.8 Å². The van der Waals surface area contributed by atoms with Gasteiger partial charge in [0.2, 0.25) is 20.9 Å². The topological polar surface area (TPSA) is 132 Å². The monoisotopic (exact) mass is 557 g/mol. The van der Waals surface area contributed by atoms with Crippen LogP contribution in [0.1, 0.15) is 16.1 Å². The van der Waals surface area contributed by atoms with Crippen LogP contribution >= 0.6 is 0 Å². The van der Waals surface area contributed by atoms with Crippen molar-refractivity contribution in [3.8, 4) is 22.5 Å². The fraction of sp³-hybridized carbons (Fsp3) is 0.107. The molecule has 0 saturated heterocycles. The number of nitrogens with one attached hydrogen (secondary N) is 2. The molecule has 0 aliphatic carbocycles. The molecule has 3 aromatic heterocycles. The molecule has 0 spiro atoms. The van der Waals surface area contributed by atoms with E-state index in [-0.39, 0.29) is 16.5 Å². The van der Waals surface area contributed by atoms with Crippen LogP contribution < -0.4 is 10.6 Å². The van der Waals surface area contributed by atoms with Crippen molar-refractivity contribution >= 4 is 33.1 Å². The zero-order chi connectivity index (χ0) is 28.4. The van der Waals surface area contributed by atoms with Gasteiger partial charge in [0.05, 0.1) is 11.4 Å². The Labute approximate surface area is 229 Å². The van der Waals surface area contributed by atoms with Gasteiger partial charge >= 0.3 is 0 Å². The molecule has 0 atom stereocenters. The number of hydrogen-bond acceptors (Lipinski definition) is 8. The molecule has 0 saturated carbocycles. The molecule has 0 radical (unpaired) electrons. The number of carbonyl (C=O) groups excluding carboxylic acids is 1. The average Bonchev–Trinajstić information content (AvgIpc) is 3.29. The summed E-state index contributed by atoms with van der Waals surface area (Å²) < 4.78 is 39.6. The summed E-state index contributed by atoms with van der Waals surface area (Å²) in [6.07, 6.45) is 6.04. The second kappa shape index (κ2) is 10.7. The van der Waals surface area contributed by atoms with Gasteiger partial charge in [-0.05, 0) is 67.1 Å². The van der Waals surface area contributed by atoms with Crippen LogP contribution in [0.3, 0.4) is 0 Å². The van der Waals surface area contributed by atoms with Gasteiger partial charge in [0.15, 0.2) is 5.69 Å². The highest BCUT2D eigenvalue weighted by Gasteiger charge is 2.26. The summed E-state index contributed by atoms with van der Waals surface area (Å²) in [6, 6.07) is 16.1. The van der Waals surface area contributed by atoms with Gasteiger partial charge < -0.3 is 15.2 Å². The molecule has 0 aliphatic heterocycles. The summed E-state index contributed by atoms with van der Waals surface area (Å²) in [5, 5.41) is 5.69. The maximum Gasteiger partial charge on any atom is 0.276 e. The SMILES string of the molecule is Cc1ccc(NC(=O)c2nc(S(C)(=O)=O)n(C)c2-c2ccc(F)cc2)cc1Nc1nccc(-c2cccnc2)n1. The van der Waals surface area contributed by atoms with Crippen molar-refractivity contribution in [2.24, 2.45) is 7.05 Å². The zero-order valence-corrected chi connectivity index (χ0v) is 22.6. The molecule has 0 fully saturated rings. The number of nitrogens with zero attached hydrogens (tertiary/aromatic N) is 5. The molecule has 202 valence electrons. The lowest BCUT2D eigenvalue weighted by atomic mass is 10.1. The molecule has 5 rings (SSSR count). The number of aryl methyl sites for hydroxylation is 1. The third-order valence-corrected chi connectivity index (χ3v) is 7.10. The van der Waals surface area contributed by atoms with Gasteiger partial charge in [0, 0.05) is 54.4 Å². The van der Waals surface area contributed by atoms with E-state index in [0.717, 1.165) is 17.4 Å². The molecule has 1 amide bonds. The summed E-state index contributed by atoms with van der Waals surface area (Å²) >= 11 is 0. The van der Waals surface area contributed by atoms with E-state index >= 15 is 0 Å². The molecular weight excluding hydrogens is 533 g/mol. The predicted molar refractivity (Wildman–Crippen MR) is 149 cm³/mol. The Hall–Kier alpha value is -4.97. The Balaban J connectivity index is 1.45. The number of hydrogen-bond donors (Lipinski definition) is 2. The first-order valence-electron chi connectivity index (χ1n) is 12.1. The number of halogens is 1. The molecule has 3 heterocycles. The average molecular weight is 558 g/mol. The number of rotatable bonds is 7. The molecule has 2 aromatic carbocycles. The molecule has 12 heteroatoms. The number of amides is 1. The third kappa shape index (κ3) is 5.57. The van der Waals surface area contributed by atoms with Crippen molar-refractivity contribution in [1.29, 1.82) is 0 Å². The van der Waals surface area contributed by atoms with Crippen LogP contribution in [0.25, 0.3) is 22.5 Å². The van der Waals surface area contributed by atoms with E-state index in [0.29, 0.717) is 28.6 Å². The quantitative estimate of drug-likeness (QED) is 0.292. The Morgan fingerprint density at radius 1 is 0.975 bits per heavy atom. The Kier molecular flexibility index (Phi) is 7.09. The van der Waals surface area contributed by atoms with Gasteiger partial charge in [-0.15, -0.1) is 0 Å². The molecule has 5 aromatic rings. The van der Waals surface area contributed by atoms with Crippen LogP contribution in [0.4, 0.5) is 21.7 Å². The van der Waals surface area contributed by atoms with Crippen molar-refractivity contribution < 1.29 is 17.6 Å². The van der Waals surface area contributed by atoms with Crippen LogP contribution in [0.5, 0.6) is 0 Å². The Bertz CT molecular complexity index is 1820. The molecule has 2 N–H and O–H groups in total. The molecule has 0 bridgehead atoms. The van der Waals surface area contributed by atoms with E-state index < -0.39 is 21.6 Å². The van der Waals surface area contributed by atoms with E-state index in [2.05, 4.69) is 30.6 Å². The van der Waals surface area contributed by atoms with Crippen molar-refractivity contribution in [2.45, 2.75) is 12.1 Å². The van der Waals surface area contributed by atoms with Crippen LogP contribution in [0, 0.1) is 12.7 Å². The Morgan fingerprint density at radius 2 is 1.75 bits per heavy atom. The van der Waals surface area contributed by atoms with Crippen LogP contribution in [-0.2, 0) is 16.9 Å². The second-order valence-corrected chi connectivity index (χ2v) is 11.0. The van der Waals surface area contributed by atoms with Crippen molar-refractivity contribution in [3.63, 3.8) is 0 Å². The van der Waals surface area contributed by atoms with Crippen LogP contribution in [0.2, 0.25) is 0 Å². The van der Waals surface area contributed by atoms with E-state index in [4.69, 9.17) is 0 Å². The molecule has 40 heavy (non-hydrogen) atoms. The van der Waals surface area contributed by atoms with Gasteiger partial charge in [0.1, 0.15) is 5.82 Å². The summed E-state index contributed by atoms with van der Waals surface area (Å²) in [6.45, 7) is 1.89. The largest absolute Gasteiger partial charge is 0.324 e. The van der Waals surface area contributed by atoms with Gasteiger partial charge in [-0.1, -0.05) is 6.07 Å². The lowest BCUT2D eigenvalue weighted by molar-refractivity contribution is 0.102. The van der Waals surface area contributed by atoms with Crippen LogP contribution in [-0.4, -0.2) is 45.1 Å². The number of pyridine rings is 1. The first kappa shape index (κ1) is 26.6. The minimum absolute atomic E-state index is 0.114. The minimum atomic E-state index is -3.76. The first-order valence-corrected chi connectivity index (χ1v) is 13.9. The van der Waals surface area contributed by atoms with Gasteiger partial charge in [-0.2, -0.15) is 0 Å². The second-order valence-electron chi connectivity index (χ2n) is 9.05. The van der Waals surface area contributed by atoms with Crippen LogP contribution in [0.15, 0.2) is 84.4 Å². The van der Waals surface area contributed by atoms with E-state index in [1.807, 2.05) is 25.1 Å². The highest BCUT2D eigenvalue weighted by Crippen LogP contribution is 2.29. The number of imidazole rings is 1. The Morgan fingerprint density at radius 3 is 2.45 bits per heavy atom. The molecule has 0 unspecified atom stereocenters. The van der Waals surface area contributed by atoms with Gasteiger partial charge in [-0.25, -0.2) is 27.8 Å². The van der Waals surface area contributed by atoms with Gasteiger partial charge in [-0.3, -0.25) is 9.78 Å². The lowest BCUT2D eigenvalue weighted by Gasteiger charge is -2.12. The van der Waals surface area contributed by atoms with Gasteiger partial charge in [0.25, 0.3) is 5.91 Å². The zero-order valence-electron chi connectivity index (χ0n) is 21.8. The summed E-state index contributed by atoms with van der Waals surface area (Å²) in [7, 11) is -2.27. The smallest absolute Gasteiger partial charge is 0.276 e. The molecule has 0 aliphatic rings. The van der Waals surface area contributed by atoms with Crippen molar-refractivity contribution in [1.82, 2.24) is 24.5 Å². The number of sulfone groups is 1. The highest BCUT2D eigenvalue weighted by molar-refractivity contribution is 7.90. The molecule has 10 nitrogen and oxygen atoms in total. The number of aromatic nitrogens is 5. The fourth-order valence-corrected chi connectivity index (χ4v) is 4.99. The predicted octanol–water partition coefficient (Wildman–Crippen LogP) is 4.79. The van der Waals surface area contributed by atoms with E-state index in [9.17, 15) is 17.6 Å². The number of carbonyl (C=O) groups is 1. The first-order chi connectivity index (χ1) is 19.1. The number of anilines is 3. The fourth-order valence-electron chi connectivity index (χ4n) is 4.15. The minimum Gasteiger partial charge on any atom is -0.324 e. The number of benzene rings is 2. The summed E-state index contributed by atoms with van der Waals surface area (Å²) in [4.78, 5) is 30.6. The van der Waals surface area contributed by atoms with Crippen molar-refractivity contribution in [3.05, 3.63) is 96.3 Å². The summed E-state index contributed by atoms with van der Waals surface area (Å²) in [5.41, 5.74) is 4.05. The standard InChI is InChI=1S/C28H24FN7O3S/c1-17-6-11-21(15-23(17)34-27-31-14-12-22(33-27)19-5-4-13-30-16-19)32-26(37)24-25(18-7-9-20(29)10-8-18)36(2)28(35-24)40(3,38)39/h4-16H,1-3H3,(H,32,37)(H,31,33,34). The molecular formula is C28H24FN7O3S. The normalized spacial score (nSPS) is 11.3. The van der Waals surface area contributed by atoms with Crippen molar-refractivity contribution in [2.75, 3.05) is 16.9 Å². The third-order valence-electron chi connectivity index (χ3n) is 6.07.